The second-order valence-electron chi connectivity index (χ2n) is 5.59. The molecule has 25 heavy (non-hydrogen) atoms. The predicted octanol–water partition coefficient (Wildman–Crippen LogP) is 4.26. The van der Waals surface area contributed by atoms with Crippen LogP contribution in [0.2, 0.25) is 0 Å². The summed E-state index contributed by atoms with van der Waals surface area (Å²) in [5, 5.41) is 1.84. The van der Waals surface area contributed by atoms with Crippen molar-refractivity contribution in [1.29, 1.82) is 0 Å². The summed E-state index contributed by atoms with van der Waals surface area (Å²) in [6, 6.07) is 13.9. The quantitative estimate of drug-likeness (QED) is 0.711. The number of methoxy groups -OCH3 is 3. The second-order valence-corrected chi connectivity index (χ2v) is 5.59. The highest BCUT2D eigenvalue weighted by Crippen LogP contribution is 2.55. The van der Waals surface area contributed by atoms with E-state index in [-0.39, 0.29) is 6.79 Å². The van der Waals surface area contributed by atoms with Gasteiger partial charge in [0.1, 0.15) is 5.75 Å². The first kappa shape index (κ1) is 15.4. The number of hydrogen-bond donors (Lipinski definition) is 0. The van der Waals surface area contributed by atoms with E-state index < -0.39 is 0 Å². The third kappa shape index (κ3) is 2.31. The van der Waals surface area contributed by atoms with Gasteiger partial charge in [-0.15, -0.1) is 0 Å². The van der Waals surface area contributed by atoms with E-state index >= 15 is 0 Å². The fraction of sp³-hybridized carbons (Fsp3) is 0.200. The van der Waals surface area contributed by atoms with Crippen molar-refractivity contribution in [3.8, 4) is 39.9 Å². The Balaban J connectivity index is 2.06. The van der Waals surface area contributed by atoms with Crippen LogP contribution in [-0.4, -0.2) is 28.1 Å². The molecule has 1 heterocycles. The van der Waals surface area contributed by atoms with Crippen LogP contribution in [0.5, 0.6) is 28.7 Å². The van der Waals surface area contributed by atoms with E-state index in [1.807, 2.05) is 42.5 Å². The zero-order chi connectivity index (χ0) is 17.4. The van der Waals surface area contributed by atoms with E-state index in [2.05, 4.69) is 0 Å². The zero-order valence-corrected chi connectivity index (χ0v) is 14.3. The van der Waals surface area contributed by atoms with E-state index in [1.165, 1.54) is 0 Å². The third-order valence-corrected chi connectivity index (χ3v) is 4.37. The molecule has 0 fully saturated rings. The fourth-order valence-corrected chi connectivity index (χ4v) is 3.25. The lowest BCUT2D eigenvalue weighted by molar-refractivity contribution is 0.169. The smallest absolute Gasteiger partial charge is 0.231 e. The number of benzene rings is 3. The standard InChI is InChI=1S/C20H18O5/c1-21-13-9-7-12(8-10-13)14-5-4-6-15-16(14)18(23-3)20-19(17(15)22-2)24-11-25-20/h4-10H,11H2,1-3H3. The summed E-state index contributed by atoms with van der Waals surface area (Å²) >= 11 is 0. The van der Waals surface area contributed by atoms with Crippen molar-refractivity contribution in [1.82, 2.24) is 0 Å². The lowest BCUT2D eigenvalue weighted by Crippen LogP contribution is -1.94. The lowest BCUT2D eigenvalue weighted by atomic mass is 9.96. The van der Waals surface area contributed by atoms with Gasteiger partial charge in [-0.2, -0.15) is 0 Å². The summed E-state index contributed by atoms with van der Waals surface area (Å²) in [5.41, 5.74) is 2.07. The van der Waals surface area contributed by atoms with Crippen molar-refractivity contribution < 1.29 is 23.7 Å². The summed E-state index contributed by atoms with van der Waals surface area (Å²) in [5.74, 6) is 3.27. The Labute approximate surface area is 145 Å². The van der Waals surface area contributed by atoms with Gasteiger partial charge in [-0.25, -0.2) is 0 Å². The van der Waals surface area contributed by atoms with Crippen molar-refractivity contribution in [2.75, 3.05) is 28.1 Å². The topological polar surface area (TPSA) is 46.2 Å². The monoisotopic (exact) mass is 338 g/mol. The maximum Gasteiger partial charge on any atom is 0.231 e. The number of ether oxygens (including phenoxy) is 5. The molecule has 5 heteroatoms. The highest BCUT2D eigenvalue weighted by Gasteiger charge is 2.29. The molecule has 0 radical (unpaired) electrons. The minimum Gasteiger partial charge on any atom is -0.497 e. The summed E-state index contributed by atoms with van der Waals surface area (Å²) in [4.78, 5) is 0. The molecule has 3 aromatic carbocycles. The van der Waals surface area contributed by atoms with Crippen molar-refractivity contribution >= 4 is 10.8 Å². The van der Waals surface area contributed by atoms with Gasteiger partial charge in [-0.1, -0.05) is 30.3 Å². The summed E-state index contributed by atoms with van der Waals surface area (Å²) in [7, 11) is 4.92. The van der Waals surface area contributed by atoms with E-state index in [0.29, 0.717) is 23.0 Å². The van der Waals surface area contributed by atoms with Crippen molar-refractivity contribution in [2.45, 2.75) is 0 Å². The largest absolute Gasteiger partial charge is 0.497 e. The van der Waals surface area contributed by atoms with Gasteiger partial charge in [0.05, 0.1) is 21.3 Å². The summed E-state index contributed by atoms with van der Waals surface area (Å²) < 4.78 is 27.8. The Morgan fingerprint density at radius 2 is 1.44 bits per heavy atom. The fourth-order valence-electron chi connectivity index (χ4n) is 3.25. The number of fused-ring (bicyclic) bond motifs is 2. The van der Waals surface area contributed by atoms with Gasteiger partial charge in [0.2, 0.25) is 18.3 Å². The number of rotatable bonds is 4. The summed E-state index contributed by atoms with van der Waals surface area (Å²) in [6.07, 6.45) is 0. The highest BCUT2D eigenvalue weighted by molar-refractivity contribution is 6.07. The molecule has 1 aliphatic heterocycles. The van der Waals surface area contributed by atoms with Gasteiger partial charge < -0.3 is 23.7 Å². The molecule has 128 valence electrons. The van der Waals surface area contributed by atoms with Crippen molar-refractivity contribution in [2.24, 2.45) is 0 Å². The molecule has 0 aromatic heterocycles. The van der Waals surface area contributed by atoms with Crippen LogP contribution in [0, 0.1) is 0 Å². The van der Waals surface area contributed by atoms with Gasteiger partial charge in [0, 0.05) is 10.8 Å². The highest BCUT2D eigenvalue weighted by atomic mass is 16.7. The van der Waals surface area contributed by atoms with Crippen LogP contribution in [0.4, 0.5) is 0 Å². The normalized spacial score (nSPS) is 12.3. The SMILES string of the molecule is COc1ccc(-c2cccc3c(OC)c4c(c(OC)c23)OCO4)cc1. The molecule has 1 aliphatic rings. The second kappa shape index (κ2) is 6.09. The van der Waals surface area contributed by atoms with Crippen LogP contribution in [0.25, 0.3) is 21.9 Å². The van der Waals surface area contributed by atoms with Crippen LogP contribution in [0.3, 0.4) is 0 Å². The van der Waals surface area contributed by atoms with Gasteiger partial charge in [0.25, 0.3) is 0 Å². The predicted molar refractivity (Wildman–Crippen MR) is 95.2 cm³/mol. The molecule has 0 atom stereocenters. The van der Waals surface area contributed by atoms with Crippen LogP contribution >= 0.6 is 0 Å². The molecule has 0 amide bonds. The average molecular weight is 338 g/mol. The lowest BCUT2D eigenvalue weighted by Gasteiger charge is -2.16. The Morgan fingerprint density at radius 1 is 0.760 bits per heavy atom. The molecule has 5 nitrogen and oxygen atoms in total. The minimum absolute atomic E-state index is 0.149. The first-order valence-corrected chi connectivity index (χ1v) is 7.89. The maximum absolute atomic E-state index is 5.69. The number of hydrogen-bond acceptors (Lipinski definition) is 5. The minimum atomic E-state index is 0.149. The van der Waals surface area contributed by atoms with E-state index in [0.717, 1.165) is 27.6 Å². The Kier molecular flexibility index (Phi) is 3.76. The molecule has 0 spiro atoms. The molecule has 0 saturated heterocycles. The first-order chi connectivity index (χ1) is 12.3. The van der Waals surface area contributed by atoms with E-state index in [4.69, 9.17) is 23.7 Å². The molecular weight excluding hydrogens is 320 g/mol. The molecular formula is C20H18O5. The van der Waals surface area contributed by atoms with Gasteiger partial charge in [0.15, 0.2) is 11.5 Å². The first-order valence-electron chi connectivity index (χ1n) is 7.89. The molecule has 0 saturated carbocycles. The molecule has 0 aliphatic carbocycles. The third-order valence-electron chi connectivity index (χ3n) is 4.37. The molecule has 0 N–H and O–H groups in total. The van der Waals surface area contributed by atoms with E-state index in [1.54, 1.807) is 21.3 Å². The maximum atomic E-state index is 5.69. The van der Waals surface area contributed by atoms with Crippen LogP contribution in [-0.2, 0) is 0 Å². The summed E-state index contributed by atoms with van der Waals surface area (Å²) in [6.45, 7) is 0.149. The van der Waals surface area contributed by atoms with Gasteiger partial charge >= 0.3 is 0 Å². The van der Waals surface area contributed by atoms with Crippen molar-refractivity contribution in [3.63, 3.8) is 0 Å². The van der Waals surface area contributed by atoms with Gasteiger partial charge in [-0.05, 0) is 23.3 Å². The van der Waals surface area contributed by atoms with Crippen LogP contribution in [0.15, 0.2) is 42.5 Å². The molecule has 0 bridgehead atoms. The Hall–Kier alpha value is -3.08. The average Bonchev–Trinajstić information content (AvgIpc) is 3.15. The van der Waals surface area contributed by atoms with Gasteiger partial charge in [-0.3, -0.25) is 0 Å². The van der Waals surface area contributed by atoms with E-state index in [9.17, 15) is 0 Å². The Bertz CT molecular complexity index is 931. The molecule has 4 rings (SSSR count). The molecule has 0 unspecified atom stereocenters. The van der Waals surface area contributed by atoms with Crippen LogP contribution < -0.4 is 23.7 Å². The van der Waals surface area contributed by atoms with Crippen LogP contribution in [0.1, 0.15) is 0 Å². The molecule has 3 aromatic rings. The Morgan fingerprint density at radius 3 is 2.08 bits per heavy atom. The zero-order valence-electron chi connectivity index (χ0n) is 14.3. The van der Waals surface area contributed by atoms with Crippen molar-refractivity contribution in [3.05, 3.63) is 42.5 Å².